The fraction of sp³-hybridized carbons (Fsp3) is 0.500. The van der Waals surface area contributed by atoms with Gasteiger partial charge < -0.3 is 11.1 Å². The number of nitrogens with two attached hydrogens (primary N) is 1. The Hall–Kier alpha value is -1.72. The summed E-state index contributed by atoms with van der Waals surface area (Å²) in [5.74, 6) is 0.430. The van der Waals surface area contributed by atoms with Crippen molar-refractivity contribution < 1.29 is 4.79 Å². The second-order valence-electron chi connectivity index (χ2n) is 2.93. The van der Waals surface area contributed by atoms with E-state index in [0.717, 1.165) is 12.8 Å². The Labute approximate surface area is 82.3 Å². The first-order valence-corrected chi connectivity index (χ1v) is 4.57. The van der Waals surface area contributed by atoms with E-state index in [9.17, 15) is 4.79 Å². The predicted molar refractivity (Wildman–Crippen MR) is 54.9 cm³/mol. The summed E-state index contributed by atoms with van der Waals surface area (Å²) in [6.07, 6.45) is 3.46. The van der Waals surface area contributed by atoms with E-state index >= 15 is 0 Å². The molecule has 78 valence electrons. The van der Waals surface area contributed by atoms with Crippen molar-refractivity contribution >= 4 is 17.5 Å². The number of urea groups is 1. The zero-order valence-electron chi connectivity index (χ0n) is 8.13. The second-order valence-corrected chi connectivity index (χ2v) is 2.93. The number of nitrogen functional groups attached to an aromatic ring is 1. The number of nitrogens with zero attached hydrogens (tertiary/aromatic N) is 1. The summed E-state index contributed by atoms with van der Waals surface area (Å²) in [6, 6.07) is -0.269. The number of aromatic nitrogens is 2. The number of carbonyl (C=O) groups excluding carboxylic acids is 1. The summed E-state index contributed by atoms with van der Waals surface area (Å²) in [7, 11) is 0. The summed E-state index contributed by atoms with van der Waals surface area (Å²) in [5.41, 5.74) is 5.93. The minimum Gasteiger partial charge on any atom is -0.394 e. The van der Waals surface area contributed by atoms with Crippen molar-refractivity contribution in [3.05, 3.63) is 6.20 Å². The Morgan fingerprint density at radius 2 is 2.50 bits per heavy atom. The van der Waals surface area contributed by atoms with E-state index in [4.69, 9.17) is 5.73 Å². The van der Waals surface area contributed by atoms with Crippen LogP contribution in [0.15, 0.2) is 6.20 Å². The van der Waals surface area contributed by atoms with Gasteiger partial charge in [0.25, 0.3) is 0 Å². The molecule has 5 N–H and O–H groups in total. The van der Waals surface area contributed by atoms with E-state index in [1.165, 1.54) is 6.20 Å². The highest BCUT2D eigenvalue weighted by Crippen LogP contribution is 2.11. The van der Waals surface area contributed by atoms with E-state index in [-0.39, 0.29) is 6.03 Å². The number of unbranched alkanes of at least 4 members (excludes halogenated alkanes) is 1. The third-order valence-electron chi connectivity index (χ3n) is 1.72. The summed E-state index contributed by atoms with van der Waals surface area (Å²) < 4.78 is 0. The number of anilines is 2. The minimum atomic E-state index is -0.269. The quantitative estimate of drug-likeness (QED) is 0.540. The standard InChI is InChI=1S/C8H15N5O/c1-2-3-4-10-8(14)12-7-6(9)5-11-13-7/h5H,2-4,9H2,1H3,(H3,10,11,12,13,14). The summed E-state index contributed by atoms with van der Waals surface area (Å²) in [4.78, 5) is 11.2. The maximum Gasteiger partial charge on any atom is 0.320 e. The van der Waals surface area contributed by atoms with Crippen molar-refractivity contribution in [2.24, 2.45) is 0 Å². The molecule has 6 nitrogen and oxygen atoms in total. The van der Waals surface area contributed by atoms with Crippen LogP contribution >= 0.6 is 0 Å². The lowest BCUT2D eigenvalue weighted by Crippen LogP contribution is -2.29. The van der Waals surface area contributed by atoms with Crippen LogP contribution in [-0.4, -0.2) is 22.8 Å². The first-order valence-electron chi connectivity index (χ1n) is 4.57. The molecule has 6 heteroatoms. The van der Waals surface area contributed by atoms with Gasteiger partial charge >= 0.3 is 6.03 Å². The highest BCUT2D eigenvalue weighted by molar-refractivity contribution is 5.90. The van der Waals surface area contributed by atoms with E-state index in [2.05, 4.69) is 27.8 Å². The van der Waals surface area contributed by atoms with Gasteiger partial charge in [0.2, 0.25) is 0 Å². The Morgan fingerprint density at radius 3 is 3.07 bits per heavy atom. The van der Waals surface area contributed by atoms with E-state index in [1.807, 2.05) is 0 Å². The van der Waals surface area contributed by atoms with Gasteiger partial charge in [-0.2, -0.15) is 5.10 Å². The van der Waals surface area contributed by atoms with Gasteiger partial charge in [-0.3, -0.25) is 10.4 Å². The smallest absolute Gasteiger partial charge is 0.320 e. The van der Waals surface area contributed by atoms with Gasteiger partial charge in [0, 0.05) is 6.54 Å². The first-order chi connectivity index (χ1) is 6.74. The first kappa shape index (κ1) is 10.4. The average molecular weight is 197 g/mol. The number of hydrogen-bond acceptors (Lipinski definition) is 3. The molecular weight excluding hydrogens is 182 g/mol. The summed E-state index contributed by atoms with van der Waals surface area (Å²) in [6.45, 7) is 2.73. The minimum absolute atomic E-state index is 0.269. The van der Waals surface area contributed by atoms with Crippen LogP contribution in [0.3, 0.4) is 0 Å². The molecule has 0 aliphatic heterocycles. The van der Waals surface area contributed by atoms with Crippen molar-refractivity contribution in [3.8, 4) is 0 Å². The van der Waals surface area contributed by atoms with E-state index in [0.29, 0.717) is 18.1 Å². The summed E-state index contributed by atoms with van der Waals surface area (Å²) >= 11 is 0. The number of hydrogen-bond donors (Lipinski definition) is 4. The molecule has 0 aliphatic rings. The molecule has 0 radical (unpaired) electrons. The fourth-order valence-electron chi connectivity index (χ4n) is 0.932. The third-order valence-corrected chi connectivity index (χ3v) is 1.72. The lowest BCUT2D eigenvalue weighted by Gasteiger charge is -2.05. The molecule has 0 spiro atoms. The number of H-pyrrole nitrogens is 1. The molecule has 1 heterocycles. The third kappa shape index (κ3) is 2.96. The van der Waals surface area contributed by atoms with Gasteiger partial charge in [-0.05, 0) is 6.42 Å². The lowest BCUT2D eigenvalue weighted by atomic mass is 10.3. The number of rotatable bonds is 4. The highest BCUT2D eigenvalue weighted by Gasteiger charge is 2.04. The van der Waals surface area contributed by atoms with Gasteiger partial charge in [-0.15, -0.1) is 0 Å². The monoisotopic (exact) mass is 197 g/mol. The maximum atomic E-state index is 11.2. The van der Waals surface area contributed by atoms with Crippen LogP contribution in [0.2, 0.25) is 0 Å². The van der Waals surface area contributed by atoms with Crippen LogP contribution < -0.4 is 16.4 Å². The van der Waals surface area contributed by atoms with Crippen LogP contribution in [0.1, 0.15) is 19.8 Å². The molecule has 0 aliphatic carbocycles. The normalized spacial score (nSPS) is 9.79. The topological polar surface area (TPSA) is 95.8 Å². The largest absolute Gasteiger partial charge is 0.394 e. The van der Waals surface area contributed by atoms with Crippen LogP contribution in [0.4, 0.5) is 16.3 Å². The van der Waals surface area contributed by atoms with Crippen LogP contribution in [0.5, 0.6) is 0 Å². The molecule has 2 amide bonds. The molecule has 1 aromatic rings. The average Bonchev–Trinajstić information content (AvgIpc) is 2.52. The fourth-order valence-corrected chi connectivity index (χ4v) is 0.932. The molecule has 1 aromatic heterocycles. The van der Waals surface area contributed by atoms with Gasteiger partial charge in [0.05, 0.1) is 11.9 Å². The molecular formula is C8H15N5O. The number of amides is 2. The number of aromatic amines is 1. The molecule has 0 fully saturated rings. The Kier molecular flexibility index (Phi) is 3.78. The van der Waals surface area contributed by atoms with Gasteiger partial charge in [-0.1, -0.05) is 13.3 Å². The van der Waals surface area contributed by atoms with Crippen LogP contribution in [-0.2, 0) is 0 Å². The van der Waals surface area contributed by atoms with Crippen molar-refractivity contribution in [2.75, 3.05) is 17.6 Å². The van der Waals surface area contributed by atoms with Gasteiger partial charge in [0.1, 0.15) is 0 Å². The van der Waals surface area contributed by atoms with Crippen molar-refractivity contribution in [2.45, 2.75) is 19.8 Å². The van der Waals surface area contributed by atoms with Crippen molar-refractivity contribution in [3.63, 3.8) is 0 Å². The molecule has 0 saturated carbocycles. The Morgan fingerprint density at radius 1 is 1.71 bits per heavy atom. The lowest BCUT2D eigenvalue weighted by molar-refractivity contribution is 0.252. The summed E-state index contributed by atoms with van der Waals surface area (Å²) in [5, 5.41) is 11.5. The SMILES string of the molecule is CCCCNC(=O)Nc1[nH]ncc1N. The van der Waals surface area contributed by atoms with Crippen molar-refractivity contribution in [1.82, 2.24) is 15.5 Å². The number of carbonyl (C=O) groups is 1. The Balaban J connectivity index is 2.31. The van der Waals surface area contributed by atoms with Crippen LogP contribution in [0, 0.1) is 0 Å². The molecule has 0 atom stereocenters. The van der Waals surface area contributed by atoms with Gasteiger partial charge in [-0.25, -0.2) is 4.79 Å². The van der Waals surface area contributed by atoms with E-state index in [1.54, 1.807) is 0 Å². The van der Waals surface area contributed by atoms with Crippen molar-refractivity contribution in [1.29, 1.82) is 0 Å². The van der Waals surface area contributed by atoms with Crippen LogP contribution in [0.25, 0.3) is 0 Å². The van der Waals surface area contributed by atoms with Gasteiger partial charge in [0.15, 0.2) is 5.82 Å². The highest BCUT2D eigenvalue weighted by atomic mass is 16.2. The zero-order chi connectivity index (χ0) is 10.4. The molecule has 14 heavy (non-hydrogen) atoms. The predicted octanol–water partition coefficient (Wildman–Crippen LogP) is 0.913. The maximum absolute atomic E-state index is 11.2. The molecule has 0 bridgehead atoms. The Bertz CT molecular complexity index is 296. The molecule has 0 aromatic carbocycles. The molecule has 0 saturated heterocycles. The molecule has 1 rings (SSSR count). The number of nitrogens with one attached hydrogen (secondary N) is 3. The zero-order valence-corrected chi connectivity index (χ0v) is 8.13. The van der Waals surface area contributed by atoms with E-state index < -0.39 is 0 Å². The molecule has 0 unspecified atom stereocenters. The second kappa shape index (κ2) is 5.11.